The number of anilines is 1. The minimum atomic E-state index is -4.57. The summed E-state index contributed by atoms with van der Waals surface area (Å²) >= 11 is 0. The number of benzene rings is 3. The van der Waals surface area contributed by atoms with Gasteiger partial charge in [0.2, 0.25) is 15.9 Å². The fraction of sp³-hybridized carbons (Fsp3) is 0.314. The van der Waals surface area contributed by atoms with E-state index in [9.17, 15) is 39.6 Å². The van der Waals surface area contributed by atoms with Gasteiger partial charge in [0.15, 0.2) is 0 Å². The number of nitrogens with one attached hydrogen (secondary N) is 2. The first-order valence-electron chi connectivity index (χ1n) is 15.6. The van der Waals surface area contributed by atoms with Gasteiger partial charge in [-0.15, -0.1) is 0 Å². The highest BCUT2D eigenvalue weighted by Crippen LogP contribution is 2.34. The maximum atomic E-state index is 15.3. The minimum Gasteiger partial charge on any atom is -0.324 e. The van der Waals surface area contributed by atoms with Crippen LogP contribution in [0.25, 0.3) is 0 Å². The van der Waals surface area contributed by atoms with Crippen molar-refractivity contribution in [2.45, 2.75) is 49.6 Å². The van der Waals surface area contributed by atoms with Crippen LogP contribution in [-0.4, -0.2) is 48.8 Å². The molecule has 0 aliphatic carbocycles. The zero-order valence-corrected chi connectivity index (χ0v) is 27.5. The average Bonchev–Trinajstić information content (AvgIpc) is 3.03. The number of carbonyl (C=O) groups excluding carboxylic acids is 1. The van der Waals surface area contributed by atoms with Gasteiger partial charge in [0.05, 0.1) is 29.4 Å². The van der Waals surface area contributed by atoms with Gasteiger partial charge >= 0.3 is 6.18 Å². The number of sulfonamides is 1. The van der Waals surface area contributed by atoms with E-state index in [-0.39, 0.29) is 54.7 Å². The Hall–Kier alpha value is -4.34. The number of alkyl halides is 3. The van der Waals surface area contributed by atoms with Crippen molar-refractivity contribution in [3.63, 3.8) is 0 Å². The van der Waals surface area contributed by atoms with Crippen LogP contribution in [0.15, 0.2) is 79.1 Å². The molecule has 1 aliphatic rings. The molecule has 2 atom stereocenters. The molecule has 7 nitrogen and oxygen atoms in total. The SMILES string of the molecule is C[C@]1(CCc2c(F)cncc2NC(=O)C[C@@H](c2ccc(F)cc2)c2cc(F)cc(F)c2)CNCCN1S(=O)(=O)Cc1ccc(C(F)(F)F)cc1. The van der Waals surface area contributed by atoms with Crippen molar-refractivity contribution in [2.75, 3.05) is 25.0 Å². The van der Waals surface area contributed by atoms with E-state index in [2.05, 4.69) is 15.6 Å². The molecule has 0 unspecified atom stereocenters. The molecule has 1 aliphatic heterocycles. The maximum Gasteiger partial charge on any atom is 0.416 e. The number of piperazine rings is 1. The lowest BCUT2D eigenvalue weighted by Gasteiger charge is -2.44. The fourth-order valence-corrected chi connectivity index (χ4v) is 8.13. The molecule has 0 bridgehead atoms. The van der Waals surface area contributed by atoms with Gasteiger partial charge in [0, 0.05) is 49.1 Å². The van der Waals surface area contributed by atoms with Crippen molar-refractivity contribution in [3.05, 3.63) is 130 Å². The highest BCUT2D eigenvalue weighted by Gasteiger charge is 2.42. The molecule has 2 heterocycles. The summed E-state index contributed by atoms with van der Waals surface area (Å²) in [4.78, 5) is 17.2. The Kier molecular flexibility index (Phi) is 11.0. The van der Waals surface area contributed by atoms with Crippen LogP contribution in [0.3, 0.4) is 0 Å². The van der Waals surface area contributed by atoms with E-state index in [4.69, 9.17) is 0 Å². The molecule has 1 fully saturated rings. The molecule has 266 valence electrons. The molecule has 1 aromatic heterocycles. The lowest BCUT2D eigenvalue weighted by atomic mass is 9.88. The molecule has 0 saturated carbocycles. The summed E-state index contributed by atoms with van der Waals surface area (Å²) in [6.07, 6.45) is -2.72. The Morgan fingerprint density at radius 2 is 1.60 bits per heavy atom. The minimum absolute atomic E-state index is 0.00445. The molecule has 15 heteroatoms. The molecule has 0 spiro atoms. The maximum absolute atomic E-state index is 15.3. The lowest BCUT2D eigenvalue weighted by Crippen LogP contribution is -2.61. The Bertz CT molecular complexity index is 1920. The van der Waals surface area contributed by atoms with Crippen molar-refractivity contribution in [3.8, 4) is 0 Å². The van der Waals surface area contributed by atoms with Crippen LogP contribution >= 0.6 is 0 Å². The monoisotopic (exact) mass is 722 g/mol. The Labute approximate surface area is 284 Å². The molecule has 0 radical (unpaired) electrons. The van der Waals surface area contributed by atoms with Crippen molar-refractivity contribution in [1.82, 2.24) is 14.6 Å². The zero-order chi connectivity index (χ0) is 36.3. The van der Waals surface area contributed by atoms with Crippen molar-refractivity contribution < 1.29 is 43.9 Å². The smallest absolute Gasteiger partial charge is 0.324 e. The van der Waals surface area contributed by atoms with Gasteiger partial charge in [-0.05, 0) is 72.9 Å². The molecular weight excluding hydrogens is 689 g/mol. The summed E-state index contributed by atoms with van der Waals surface area (Å²) in [6, 6.07) is 11.8. The summed E-state index contributed by atoms with van der Waals surface area (Å²) in [5.74, 6) is -5.17. The van der Waals surface area contributed by atoms with Crippen LogP contribution in [0, 0.1) is 23.3 Å². The second kappa shape index (κ2) is 14.9. The van der Waals surface area contributed by atoms with Crippen molar-refractivity contribution in [1.29, 1.82) is 0 Å². The van der Waals surface area contributed by atoms with Crippen molar-refractivity contribution >= 4 is 21.6 Å². The van der Waals surface area contributed by atoms with E-state index in [0.29, 0.717) is 18.2 Å². The summed E-state index contributed by atoms with van der Waals surface area (Å²) in [7, 11) is -4.05. The Morgan fingerprint density at radius 3 is 2.24 bits per heavy atom. The molecule has 1 amide bonds. The van der Waals surface area contributed by atoms with Crippen LogP contribution in [-0.2, 0) is 33.2 Å². The number of pyridine rings is 1. The van der Waals surface area contributed by atoms with Gasteiger partial charge in [-0.1, -0.05) is 24.3 Å². The summed E-state index contributed by atoms with van der Waals surface area (Å²) < 4.78 is 125. The largest absolute Gasteiger partial charge is 0.416 e. The normalized spacial score (nSPS) is 17.8. The molecule has 3 aromatic carbocycles. The molecular formula is C35H33F7N4O3S. The van der Waals surface area contributed by atoms with Crippen LogP contribution in [0.5, 0.6) is 0 Å². The highest BCUT2D eigenvalue weighted by molar-refractivity contribution is 7.88. The number of amides is 1. The first-order valence-corrected chi connectivity index (χ1v) is 17.2. The van der Waals surface area contributed by atoms with Crippen LogP contribution < -0.4 is 10.6 Å². The van der Waals surface area contributed by atoms with Gasteiger partial charge in [0.25, 0.3) is 0 Å². The first-order chi connectivity index (χ1) is 23.5. The topological polar surface area (TPSA) is 91.4 Å². The van der Waals surface area contributed by atoms with Crippen LogP contribution in [0.1, 0.15) is 53.5 Å². The third-order valence-electron chi connectivity index (χ3n) is 8.71. The molecule has 1 saturated heterocycles. The fourth-order valence-electron chi connectivity index (χ4n) is 6.17. The Morgan fingerprint density at radius 1 is 0.940 bits per heavy atom. The number of rotatable bonds is 11. The van der Waals surface area contributed by atoms with Gasteiger partial charge in [-0.25, -0.2) is 26.0 Å². The van der Waals surface area contributed by atoms with Crippen molar-refractivity contribution in [2.24, 2.45) is 0 Å². The Balaban J connectivity index is 1.34. The van der Waals surface area contributed by atoms with Crippen LogP contribution in [0.4, 0.5) is 36.4 Å². The van der Waals surface area contributed by atoms with E-state index >= 15 is 4.39 Å². The van der Waals surface area contributed by atoms with E-state index in [1.165, 1.54) is 22.6 Å². The lowest BCUT2D eigenvalue weighted by molar-refractivity contribution is -0.137. The average molecular weight is 723 g/mol. The highest BCUT2D eigenvalue weighted by atomic mass is 32.2. The van der Waals surface area contributed by atoms with E-state index in [1.807, 2.05) is 0 Å². The number of hydrogen-bond donors (Lipinski definition) is 2. The van der Waals surface area contributed by atoms with Crippen LogP contribution in [0.2, 0.25) is 0 Å². The predicted octanol–water partition coefficient (Wildman–Crippen LogP) is 6.94. The molecule has 2 N–H and O–H groups in total. The second-order valence-corrected chi connectivity index (χ2v) is 14.3. The third-order valence-corrected chi connectivity index (χ3v) is 10.7. The summed E-state index contributed by atoms with van der Waals surface area (Å²) in [5, 5.41) is 5.76. The third kappa shape index (κ3) is 8.87. The summed E-state index contributed by atoms with van der Waals surface area (Å²) in [6.45, 7) is 2.24. The molecule has 4 aromatic rings. The predicted molar refractivity (Wildman–Crippen MR) is 172 cm³/mol. The second-order valence-electron chi connectivity index (χ2n) is 12.4. The zero-order valence-electron chi connectivity index (χ0n) is 26.7. The number of carbonyl (C=O) groups is 1. The summed E-state index contributed by atoms with van der Waals surface area (Å²) in [5.41, 5.74) is -1.25. The number of hydrogen-bond acceptors (Lipinski definition) is 5. The number of aromatic nitrogens is 1. The van der Waals surface area contributed by atoms with Gasteiger partial charge in [-0.2, -0.15) is 17.5 Å². The standard InChI is InChI=1S/C35H33F7N4O3S/c1-34(21-43-12-13-46(34)50(48,49)20-22-2-6-25(7-3-22)35(40,41)42)11-10-29-31(39)18-44-19-32(29)45-33(47)17-30(23-4-8-26(36)9-5-23)24-14-27(37)16-28(38)15-24/h2-9,14-16,18-19,30,43H,10-13,17,20-21H2,1H3,(H,45,47)/t30-,34-/m0/s1. The van der Waals surface area contributed by atoms with Gasteiger partial charge in [0.1, 0.15) is 23.3 Å². The number of halogens is 7. The molecule has 50 heavy (non-hydrogen) atoms. The van der Waals surface area contributed by atoms with Gasteiger partial charge < -0.3 is 10.6 Å². The number of nitrogens with zero attached hydrogens (tertiary/aromatic N) is 2. The first kappa shape index (κ1) is 36.9. The molecule has 5 rings (SSSR count). The van der Waals surface area contributed by atoms with Gasteiger partial charge in [-0.3, -0.25) is 9.78 Å². The van der Waals surface area contributed by atoms with E-state index in [0.717, 1.165) is 54.7 Å². The quantitative estimate of drug-likeness (QED) is 0.164. The van der Waals surface area contributed by atoms with E-state index < -0.39 is 68.1 Å². The van der Waals surface area contributed by atoms with E-state index in [1.54, 1.807) is 6.92 Å².